The van der Waals surface area contributed by atoms with Gasteiger partial charge in [-0.25, -0.2) is 4.39 Å². The summed E-state index contributed by atoms with van der Waals surface area (Å²) < 4.78 is 17.8. The van der Waals surface area contributed by atoms with Crippen LogP contribution in [0.15, 0.2) is 28.7 Å². The molecule has 0 spiro atoms. The van der Waals surface area contributed by atoms with Crippen molar-refractivity contribution in [2.45, 2.75) is 0 Å². The van der Waals surface area contributed by atoms with Crippen LogP contribution in [0.5, 0.6) is 0 Å². The molecular formula is C10H8FN3O2. The summed E-state index contributed by atoms with van der Waals surface area (Å²) in [5.41, 5.74) is 0.559. The van der Waals surface area contributed by atoms with Crippen LogP contribution in [0.2, 0.25) is 0 Å². The maximum absolute atomic E-state index is 12.7. The van der Waals surface area contributed by atoms with Crippen molar-refractivity contribution in [3.63, 3.8) is 0 Å². The molecule has 0 aliphatic heterocycles. The summed E-state index contributed by atoms with van der Waals surface area (Å²) in [4.78, 5) is 11.1. The molecule has 0 fully saturated rings. The SMILES string of the molecule is CNC(=O)c1nnc(-c2ccc(F)cc2)o1. The zero-order valence-electron chi connectivity index (χ0n) is 8.40. The van der Waals surface area contributed by atoms with E-state index in [1.54, 1.807) is 0 Å². The Morgan fingerprint density at radius 1 is 1.31 bits per heavy atom. The fraction of sp³-hybridized carbons (Fsp3) is 0.100. The Balaban J connectivity index is 2.31. The van der Waals surface area contributed by atoms with E-state index in [2.05, 4.69) is 15.5 Å². The zero-order chi connectivity index (χ0) is 11.5. The second kappa shape index (κ2) is 4.09. The molecule has 1 aromatic carbocycles. The topological polar surface area (TPSA) is 68.0 Å². The van der Waals surface area contributed by atoms with Gasteiger partial charge < -0.3 is 9.73 Å². The number of carbonyl (C=O) groups is 1. The van der Waals surface area contributed by atoms with Gasteiger partial charge in [0.05, 0.1) is 0 Å². The van der Waals surface area contributed by atoms with Gasteiger partial charge in [0, 0.05) is 12.6 Å². The standard InChI is InChI=1S/C10H8FN3O2/c1-12-8(15)10-14-13-9(16-10)6-2-4-7(11)5-3-6/h2-5H,1H3,(H,12,15). The van der Waals surface area contributed by atoms with Crippen molar-refractivity contribution in [2.75, 3.05) is 7.05 Å². The van der Waals surface area contributed by atoms with E-state index < -0.39 is 5.91 Å². The third-order valence-corrected chi connectivity index (χ3v) is 1.94. The monoisotopic (exact) mass is 221 g/mol. The summed E-state index contributed by atoms with van der Waals surface area (Å²) in [6.45, 7) is 0. The zero-order valence-corrected chi connectivity index (χ0v) is 8.40. The van der Waals surface area contributed by atoms with Gasteiger partial charge in [0.2, 0.25) is 5.89 Å². The van der Waals surface area contributed by atoms with E-state index in [9.17, 15) is 9.18 Å². The van der Waals surface area contributed by atoms with Crippen LogP contribution in [0.3, 0.4) is 0 Å². The van der Waals surface area contributed by atoms with Gasteiger partial charge in [0.1, 0.15) is 5.82 Å². The molecule has 2 rings (SSSR count). The number of halogens is 1. The van der Waals surface area contributed by atoms with Crippen LogP contribution in [0.4, 0.5) is 4.39 Å². The molecule has 1 aromatic heterocycles. The van der Waals surface area contributed by atoms with Crippen LogP contribution in [0.1, 0.15) is 10.7 Å². The number of hydrogen-bond donors (Lipinski definition) is 1. The molecule has 0 aliphatic rings. The Hall–Kier alpha value is -2.24. The molecule has 0 bridgehead atoms. The van der Waals surface area contributed by atoms with Gasteiger partial charge in [-0.2, -0.15) is 0 Å². The number of benzene rings is 1. The first-order chi connectivity index (χ1) is 7.70. The molecule has 6 heteroatoms. The van der Waals surface area contributed by atoms with E-state index in [0.29, 0.717) is 5.56 Å². The number of amides is 1. The van der Waals surface area contributed by atoms with Crippen LogP contribution >= 0.6 is 0 Å². The molecule has 0 saturated carbocycles. The molecule has 16 heavy (non-hydrogen) atoms. The van der Waals surface area contributed by atoms with Gasteiger partial charge in [-0.05, 0) is 24.3 Å². The van der Waals surface area contributed by atoms with Crippen LogP contribution in [-0.2, 0) is 0 Å². The van der Waals surface area contributed by atoms with E-state index in [-0.39, 0.29) is 17.6 Å². The van der Waals surface area contributed by atoms with Gasteiger partial charge in [-0.15, -0.1) is 10.2 Å². The maximum Gasteiger partial charge on any atom is 0.308 e. The molecule has 1 N–H and O–H groups in total. The lowest BCUT2D eigenvalue weighted by Gasteiger charge is -1.93. The lowest BCUT2D eigenvalue weighted by molar-refractivity contribution is 0.0929. The number of hydrogen-bond acceptors (Lipinski definition) is 4. The Kier molecular flexibility index (Phi) is 2.63. The quantitative estimate of drug-likeness (QED) is 0.828. The summed E-state index contributed by atoms with van der Waals surface area (Å²) in [5, 5.41) is 9.61. The van der Waals surface area contributed by atoms with Crippen molar-refractivity contribution in [1.82, 2.24) is 15.5 Å². The molecule has 0 aliphatic carbocycles. The maximum atomic E-state index is 12.7. The molecule has 2 aromatic rings. The first-order valence-electron chi connectivity index (χ1n) is 4.52. The van der Waals surface area contributed by atoms with Crippen LogP contribution in [0.25, 0.3) is 11.5 Å². The van der Waals surface area contributed by atoms with E-state index in [0.717, 1.165) is 0 Å². The number of carbonyl (C=O) groups excluding carboxylic acids is 1. The molecule has 82 valence electrons. The minimum absolute atomic E-state index is 0.123. The second-order valence-electron chi connectivity index (χ2n) is 3.00. The highest BCUT2D eigenvalue weighted by molar-refractivity contribution is 5.89. The van der Waals surface area contributed by atoms with Crippen LogP contribution in [-0.4, -0.2) is 23.2 Å². The van der Waals surface area contributed by atoms with Crippen molar-refractivity contribution in [2.24, 2.45) is 0 Å². The van der Waals surface area contributed by atoms with E-state index >= 15 is 0 Å². The van der Waals surface area contributed by atoms with Gasteiger partial charge >= 0.3 is 11.8 Å². The summed E-state index contributed by atoms with van der Waals surface area (Å²) in [5.74, 6) is -0.754. The molecule has 5 nitrogen and oxygen atoms in total. The Labute approximate surface area is 90.3 Å². The lowest BCUT2D eigenvalue weighted by atomic mass is 10.2. The number of nitrogens with one attached hydrogen (secondary N) is 1. The largest absolute Gasteiger partial charge is 0.412 e. The molecular weight excluding hydrogens is 213 g/mol. The molecule has 0 saturated heterocycles. The van der Waals surface area contributed by atoms with Crippen LogP contribution in [0, 0.1) is 5.82 Å². The third kappa shape index (κ3) is 1.90. The van der Waals surface area contributed by atoms with Gasteiger partial charge in [-0.1, -0.05) is 0 Å². The second-order valence-corrected chi connectivity index (χ2v) is 3.00. The summed E-state index contributed by atoms with van der Waals surface area (Å²) in [6, 6.07) is 5.55. The van der Waals surface area contributed by atoms with Crippen LogP contribution < -0.4 is 5.32 Å². The third-order valence-electron chi connectivity index (χ3n) is 1.94. The predicted molar refractivity (Wildman–Crippen MR) is 53.1 cm³/mol. The van der Waals surface area contributed by atoms with Gasteiger partial charge in [-0.3, -0.25) is 4.79 Å². The van der Waals surface area contributed by atoms with Crippen molar-refractivity contribution in [1.29, 1.82) is 0 Å². The fourth-order valence-corrected chi connectivity index (χ4v) is 1.13. The minimum Gasteiger partial charge on any atom is -0.412 e. The normalized spacial score (nSPS) is 10.1. The number of rotatable bonds is 2. The molecule has 1 amide bonds. The van der Waals surface area contributed by atoms with E-state index in [1.165, 1.54) is 31.3 Å². The number of aromatic nitrogens is 2. The van der Waals surface area contributed by atoms with Crippen molar-refractivity contribution in [3.8, 4) is 11.5 Å². The molecule has 1 heterocycles. The van der Waals surface area contributed by atoms with Crippen molar-refractivity contribution < 1.29 is 13.6 Å². The average molecular weight is 221 g/mol. The Morgan fingerprint density at radius 2 is 2.00 bits per heavy atom. The highest BCUT2D eigenvalue weighted by Gasteiger charge is 2.13. The van der Waals surface area contributed by atoms with Crippen molar-refractivity contribution >= 4 is 5.91 Å². The summed E-state index contributed by atoms with van der Waals surface area (Å²) >= 11 is 0. The molecule has 0 radical (unpaired) electrons. The average Bonchev–Trinajstić information content (AvgIpc) is 2.78. The molecule has 0 atom stereocenters. The van der Waals surface area contributed by atoms with E-state index in [1.807, 2.05) is 0 Å². The lowest BCUT2D eigenvalue weighted by Crippen LogP contribution is -2.17. The Bertz CT molecular complexity index is 507. The summed E-state index contributed by atoms with van der Waals surface area (Å²) in [7, 11) is 1.46. The van der Waals surface area contributed by atoms with Gasteiger partial charge in [0.25, 0.3) is 0 Å². The first kappa shape index (κ1) is 10.3. The number of nitrogens with zero attached hydrogens (tertiary/aromatic N) is 2. The van der Waals surface area contributed by atoms with E-state index in [4.69, 9.17) is 4.42 Å². The summed E-state index contributed by atoms with van der Waals surface area (Å²) in [6.07, 6.45) is 0. The minimum atomic E-state index is -0.458. The predicted octanol–water partition coefficient (Wildman–Crippen LogP) is 1.24. The van der Waals surface area contributed by atoms with Crippen molar-refractivity contribution in [3.05, 3.63) is 36.0 Å². The Morgan fingerprint density at radius 3 is 2.62 bits per heavy atom. The highest BCUT2D eigenvalue weighted by atomic mass is 19.1. The van der Waals surface area contributed by atoms with Gasteiger partial charge in [0.15, 0.2) is 0 Å². The highest BCUT2D eigenvalue weighted by Crippen LogP contribution is 2.17. The first-order valence-corrected chi connectivity index (χ1v) is 4.52. The molecule has 0 unspecified atom stereocenters. The fourth-order valence-electron chi connectivity index (χ4n) is 1.13. The smallest absolute Gasteiger partial charge is 0.308 e.